The van der Waals surface area contributed by atoms with Crippen LogP contribution in [-0.4, -0.2) is 44.6 Å². The molecule has 1 fully saturated rings. The smallest absolute Gasteiger partial charge is 0.241 e. The van der Waals surface area contributed by atoms with Gasteiger partial charge in [0.15, 0.2) is 0 Å². The van der Waals surface area contributed by atoms with E-state index in [1.807, 2.05) is 30.1 Å². The summed E-state index contributed by atoms with van der Waals surface area (Å²) in [7, 11) is 3.40. The Balaban J connectivity index is 2.26. The highest BCUT2D eigenvalue weighted by Crippen LogP contribution is 2.32. The molecule has 1 saturated heterocycles. The number of benzene rings is 1. The fourth-order valence-electron chi connectivity index (χ4n) is 1.95. The van der Waals surface area contributed by atoms with E-state index in [2.05, 4.69) is 0 Å². The number of anilines is 2. The molecule has 2 rings (SSSR count). The zero-order valence-corrected chi connectivity index (χ0v) is 10.1. The molecular formula is C12H17N3O2. The van der Waals surface area contributed by atoms with Crippen LogP contribution in [0, 0.1) is 0 Å². The molecule has 0 atom stereocenters. The van der Waals surface area contributed by atoms with Crippen molar-refractivity contribution in [2.75, 3.05) is 44.4 Å². The van der Waals surface area contributed by atoms with Gasteiger partial charge in [0.05, 0.1) is 25.0 Å². The van der Waals surface area contributed by atoms with Crippen molar-refractivity contribution in [2.45, 2.75) is 0 Å². The first-order chi connectivity index (χ1) is 8.13. The van der Waals surface area contributed by atoms with E-state index in [-0.39, 0.29) is 5.91 Å². The van der Waals surface area contributed by atoms with Crippen LogP contribution in [0.5, 0.6) is 5.75 Å². The Morgan fingerprint density at radius 1 is 1.35 bits per heavy atom. The molecule has 1 aromatic rings. The van der Waals surface area contributed by atoms with Crippen LogP contribution in [0.3, 0.4) is 0 Å². The van der Waals surface area contributed by atoms with E-state index in [4.69, 9.17) is 10.5 Å². The number of nitrogen functional groups attached to an aromatic ring is 1. The number of carbonyl (C=O) groups excluding carboxylic acids is 1. The lowest BCUT2D eigenvalue weighted by molar-refractivity contribution is -0.129. The molecule has 5 nitrogen and oxygen atoms in total. The SMILES string of the molecule is COc1cccc(N2CCN(C)C(=O)C2)c1N. The molecule has 17 heavy (non-hydrogen) atoms. The Kier molecular flexibility index (Phi) is 3.08. The first-order valence-corrected chi connectivity index (χ1v) is 5.55. The molecule has 0 aliphatic carbocycles. The highest BCUT2D eigenvalue weighted by molar-refractivity contribution is 5.85. The summed E-state index contributed by atoms with van der Waals surface area (Å²) in [6, 6.07) is 5.61. The van der Waals surface area contributed by atoms with Crippen LogP contribution < -0.4 is 15.4 Å². The summed E-state index contributed by atoms with van der Waals surface area (Å²) >= 11 is 0. The Morgan fingerprint density at radius 3 is 2.76 bits per heavy atom. The van der Waals surface area contributed by atoms with Crippen LogP contribution in [0.4, 0.5) is 11.4 Å². The third-order valence-corrected chi connectivity index (χ3v) is 3.06. The number of nitrogens with zero attached hydrogens (tertiary/aromatic N) is 2. The number of likely N-dealkylation sites (N-methyl/N-ethyl adjacent to an activating group) is 1. The van der Waals surface area contributed by atoms with E-state index in [9.17, 15) is 4.79 Å². The van der Waals surface area contributed by atoms with E-state index in [1.54, 1.807) is 12.0 Å². The molecule has 5 heteroatoms. The predicted molar refractivity (Wildman–Crippen MR) is 67.3 cm³/mol. The average molecular weight is 235 g/mol. The van der Waals surface area contributed by atoms with Crippen LogP contribution in [0.2, 0.25) is 0 Å². The van der Waals surface area contributed by atoms with Crippen molar-refractivity contribution in [3.8, 4) is 5.75 Å². The lowest BCUT2D eigenvalue weighted by atomic mass is 10.2. The third-order valence-electron chi connectivity index (χ3n) is 3.06. The fourth-order valence-corrected chi connectivity index (χ4v) is 1.95. The monoisotopic (exact) mass is 235 g/mol. The van der Waals surface area contributed by atoms with E-state index >= 15 is 0 Å². The molecule has 1 aliphatic heterocycles. The van der Waals surface area contributed by atoms with Gasteiger partial charge in [0.1, 0.15) is 5.75 Å². The number of ether oxygens (including phenoxy) is 1. The first kappa shape index (κ1) is 11.6. The van der Waals surface area contributed by atoms with Gasteiger partial charge in [0.2, 0.25) is 5.91 Å². The van der Waals surface area contributed by atoms with Crippen molar-refractivity contribution >= 4 is 17.3 Å². The number of carbonyl (C=O) groups is 1. The minimum atomic E-state index is 0.110. The van der Waals surface area contributed by atoms with Crippen molar-refractivity contribution in [3.05, 3.63) is 18.2 Å². The number of hydrogen-bond donors (Lipinski definition) is 1. The van der Waals surface area contributed by atoms with E-state index in [1.165, 1.54) is 0 Å². The number of nitrogens with two attached hydrogens (primary N) is 1. The maximum Gasteiger partial charge on any atom is 0.241 e. The second kappa shape index (κ2) is 4.53. The molecule has 1 aliphatic rings. The minimum absolute atomic E-state index is 0.110. The van der Waals surface area contributed by atoms with Crippen LogP contribution in [-0.2, 0) is 4.79 Å². The van der Waals surface area contributed by atoms with Crippen molar-refractivity contribution in [1.29, 1.82) is 0 Å². The summed E-state index contributed by atoms with van der Waals surface area (Å²) in [5.41, 5.74) is 7.47. The highest BCUT2D eigenvalue weighted by atomic mass is 16.5. The van der Waals surface area contributed by atoms with Crippen molar-refractivity contribution in [1.82, 2.24) is 4.90 Å². The standard InChI is InChI=1S/C12H17N3O2/c1-14-6-7-15(8-11(14)16)9-4-3-5-10(17-2)12(9)13/h3-5H,6-8,13H2,1-2H3. The molecule has 1 aromatic carbocycles. The number of methoxy groups -OCH3 is 1. The summed E-state index contributed by atoms with van der Waals surface area (Å²) in [6.45, 7) is 1.88. The molecule has 1 heterocycles. The zero-order chi connectivity index (χ0) is 12.4. The van der Waals surface area contributed by atoms with Gasteiger partial charge in [-0.05, 0) is 12.1 Å². The molecule has 92 valence electrons. The van der Waals surface area contributed by atoms with Crippen LogP contribution in [0.25, 0.3) is 0 Å². The van der Waals surface area contributed by atoms with Crippen LogP contribution >= 0.6 is 0 Å². The van der Waals surface area contributed by atoms with Gasteiger partial charge in [-0.1, -0.05) is 6.07 Å². The zero-order valence-electron chi connectivity index (χ0n) is 10.1. The van der Waals surface area contributed by atoms with Gasteiger partial charge in [0.25, 0.3) is 0 Å². The van der Waals surface area contributed by atoms with Crippen LogP contribution in [0.15, 0.2) is 18.2 Å². The lowest BCUT2D eigenvalue weighted by Crippen LogP contribution is -2.48. The van der Waals surface area contributed by atoms with Crippen LogP contribution in [0.1, 0.15) is 0 Å². The third kappa shape index (κ3) is 2.13. The maximum absolute atomic E-state index is 11.7. The number of amides is 1. The van der Waals surface area contributed by atoms with E-state index < -0.39 is 0 Å². The van der Waals surface area contributed by atoms with Gasteiger partial charge in [0, 0.05) is 20.1 Å². The highest BCUT2D eigenvalue weighted by Gasteiger charge is 2.23. The average Bonchev–Trinajstić information content (AvgIpc) is 2.33. The van der Waals surface area contributed by atoms with Crippen molar-refractivity contribution in [3.63, 3.8) is 0 Å². The molecule has 0 bridgehead atoms. The summed E-state index contributed by atoms with van der Waals surface area (Å²) in [4.78, 5) is 15.4. The Hall–Kier alpha value is -1.91. The first-order valence-electron chi connectivity index (χ1n) is 5.55. The summed E-state index contributed by atoms with van der Waals surface area (Å²) in [6.07, 6.45) is 0. The van der Waals surface area contributed by atoms with Gasteiger partial charge < -0.3 is 20.3 Å². The number of rotatable bonds is 2. The quantitative estimate of drug-likeness (QED) is 0.761. The van der Waals surface area contributed by atoms with Gasteiger partial charge in [-0.15, -0.1) is 0 Å². The molecule has 1 amide bonds. The van der Waals surface area contributed by atoms with Gasteiger partial charge in [-0.2, -0.15) is 0 Å². The van der Waals surface area contributed by atoms with E-state index in [0.717, 1.165) is 18.8 Å². The molecule has 0 spiro atoms. The predicted octanol–water partition coefficient (Wildman–Crippen LogP) is 0.556. The fraction of sp³-hybridized carbons (Fsp3) is 0.417. The molecule has 2 N–H and O–H groups in total. The molecule has 0 saturated carbocycles. The largest absolute Gasteiger partial charge is 0.495 e. The molecular weight excluding hydrogens is 218 g/mol. The Morgan fingerprint density at radius 2 is 2.12 bits per heavy atom. The van der Waals surface area contributed by atoms with Gasteiger partial charge in [-0.3, -0.25) is 4.79 Å². The normalized spacial score (nSPS) is 16.2. The van der Waals surface area contributed by atoms with Gasteiger partial charge >= 0.3 is 0 Å². The summed E-state index contributed by atoms with van der Waals surface area (Å²) in [5, 5.41) is 0. The minimum Gasteiger partial charge on any atom is -0.495 e. The van der Waals surface area contributed by atoms with E-state index in [0.29, 0.717) is 18.0 Å². The van der Waals surface area contributed by atoms with Gasteiger partial charge in [-0.25, -0.2) is 0 Å². The lowest BCUT2D eigenvalue weighted by Gasteiger charge is -2.34. The summed E-state index contributed by atoms with van der Waals surface area (Å²) in [5.74, 6) is 0.757. The molecule has 0 aromatic heterocycles. The topological polar surface area (TPSA) is 58.8 Å². The molecule has 0 radical (unpaired) electrons. The van der Waals surface area contributed by atoms with Crippen molar-refractivity contribution in [2.24, 2.45) is 0 Å². The second-order valence-electron chi connectivity index (χ2n) is 4.13. The number of piperazine rings is 1. The Labute approximate surface area is 101 Å². The van der Waals surface area contributed by atoms with Crippen molar-refractivity contribution < 1.29 is 9.53 Å². The summed E-state index contributed by atoms with van der Waals surface area (Å²) < 4.78 is 5.18. The molecule has 0 unspecified atom stereocenters. The second-order valence-corrected chi connectivity index (χ2v) is 4.13. The number of para-hydroxylation sites is 1. The maximum atomic E-state index is 11.7. The Bertz CT molecular complexity index is 434. The number of hydrogen-bond acceptors (Lipinski definition) is 4.